The minimum absolute atomic E-state index is 0.00800. The predicted molar refractivity (Wildman–Crippen MR) is 114 cm³/mol. The molecule has 2 aromatic heterocycles. The van der Waals surface area contributed by atoms with Crippen LogP contribution in [-0.2, 0) is 16.0 Å². The Labute approximate surface area is 172 Å². The van der Waals surface area contributed by atoms with Crippen molar-refractivity contribution in [3.8, 4) is 11.3 Å². The zero-order valence-corrected chi connectivity index (χ0v) is 16.8. The zero-order chi connectivity index (χ0) is 20.2. The van der Waals surface area contributed by atoms with Crippen molar-refractivity contribution in [2.45, 2.75) is 13.3 Å². The molecular formula is C21H21N5O2S. The fourth-order valence-electron chi connectivity index (χ4n) is 3.16. The van der Waals surface area contributed by atoms with Gasteiger partial charge >= 0.3 is 0 Å². The van der Waals surface area contributed by atoms with E-state index in [1.807, 2.05) is 47.5 Å². The van der Waals surface area contributed by atoms with Gasteiger partial charge in [-0.3, -0.25) is 9.59 Å². The standard InChI is InChI=1S/C21H21N5O2S/c1-14-24-18(13-29-14)16-4-2-15(3-5-16)10-20(27)25-17-6-7-19(23-11-17)26-9-8-22-21(28)12-26/h2-7,11,13H,8-10,12H2,1H3,(H,22,28)(H,25,27). The van der Waals surface area contributed by atoms with Gasteiger partial charge in [-0.1, -0.05) is 24.3 Å². The van der Waals surface area contributed by atoms with Gasteiger partial charge in [0.2, 0.25) is 11.8 Å². The molecule has 1 aliphatic rings. The number of nitrogens with one attached hydrogen (secondary N) is 2. The maximum absolute atomic E-state index is 12.4. The molecule has 8 heteroatoms. The smallest absolute Gasteiger partial charge is 0.239 e. The van der Waals surface area contributed by atoms with Gasteiger partial charge in [0.25, 0.3) is 0 Å². The Bertz CT molecular complexity index is 1010. The van der Waals surface area contributed by atoms with Crippen LogP contribution in [0, 0.1) is 6.92 Å². The number of carbonyl (C=O) groups is 2. The monoisotopic (exact) mass is 407 g/mol. The molecule has 1 aromatic carbocycles. The van der Waals surface area contributed by atoms with Crippen LogP contribution in [0.3, 0.4) is 0 Å². The van der Waals surface area contributed by atoms with Crippen molar-refractivity contribution in [3.05, 3.63) is 58.5 Å². The van der Waals surface area contributed by atoms with Crippen LogP contribution in [0.25, 0.3) is 11.3 Å². The number of carbonyl (C=O) groups excluding carboxylic acids is 2. The lowest BCUT2D eigenvalue weighted by molar-refractivity contribution is -0.120. The Morgan fingerprint density at radius 1 is 1.24 bits per heavy atom. The molecule has 0 unspecified atom stereocenters. The zero-order valence-electron chi connectivity index (χ0n) is 16.0. The molecule has 3 aromatic rings. The summed E-state index contributed by atoms with van der Waals surface area (Å²) in [5.74, 6) is 0.617. The third-order valence-electron chi connectivity index (χ3n) is 4.63. The number of rotatable bonds is 5. The summed E-state index contributed by atoms with van der Waals surface area (Å²) >= 11 is 1.62. The second kappa shape index (κ2) is 8.40. The van der Waals surface area contributed by atoms with E-state index in [-0.39, 0.29) is 18.2 Å². The van der Waals surface area contributed by atoms with Crippen molar-refractivity contribution in [2.75, 3.05) is 29.9 Å². The second-order valence-corrected chi connectivity index (χ2v) is 7.91. The molecular weight excluding hydrogens is 386 g/mol. The molecule has 2 N–H and O–H groups in total. The number of hydrogen-bond acceptors (Lipinski definition) is 6. The van der Waals surface area contributed by atoms with Crippen molar-refractivity contribution >= 4 is 34.7 Å². The van der Waals surface area contributed by atoms with E-state index in [4.69, 9.17) is 0 Å². The topological polar surface area (TPSA) is 87.2 Å². The predicted octanol–water partition coefficient (Wildman–Crippen LogP) is 2.63. The highest BCUT2D eigenvalue weighted by Gasteiger charge is 2.17. The van der Waals surface area contributed by atoms with Crippen LogP contribution in [0.5, 0.6) is 0 Å². The first kappa shape index (κ1) is 19.1. The highest BCUT2D eigenvalue weighted by atomic mass is 32.1. The number of pyridine rings is 1. The van der Waals surface area contributed by atoms with Crippen molar-refractivity contribution < 1.29 is 9.59 Å². The van der Waals surface area contributed by atoms with E-state index in [0.717, 1.165) is 34.2 Å². The quantitative estimate of drug-likeness (QED) is 0.679. The molecule has 148 valence electrons. The largest absolute Gasteiger partial charge is 0.353 e. The lowest BCUT2D eigenvalue weighted by Crippen LogP contribution is -2.48. The molecule has 4 rings (SSSR count). The highest BCUT2D eigenvalue weighted by Crippen LogP contribution is 2.22. The number of piperazine rings is 1. The number of aromatic nitrogens is 2. The minimum atomic E-state index is -0.103. The summed E-state index contributed by atoms with van der Waals surface area (Å²) in [6, 6.07) is 11.5. The molecule has 0 aliphatic carbocycles. The Morgan fingerprint density at radius 3 is 2.72 bits per heavy atom. The molecule has 7 nitrogen and oxygen atoms in total. The summed E-state index contributed by atoms with van der Waals surface area (Å²) < 4.78 is 0. The first-order valence-corrected chi connectivity index (χ1v) is 10.2. The first-order valence-electron chi connectivity index (χ1n) is 9.36. The summed E-state index contributed by atoms with van der Waals surface area (Å²) in [5, 5.41) is 8.72. The molecule has 29 heavy (non-hydrogen) atoms. The van der Waals surface area contributed by atoms with Crippen LogP contribution in [-0.4, -0.2) is 41.4 Å². The van der Waals surface area contributed by atoms with Crippen molar-refractivity contribution in [3.63, 3.8) is 0 Å². The third-order valence-corrected chi connectivity index (χ3v) is 5.40. The Kier molecular flexibility index (Phi) is 5.53. The van der Waals surface area contributed by atoms with Gasteiger partial charge < -0.3 is 15.5 Å². The van der Waals surface area contributed by atoms with Gasteiger partial charge in [-0.15, -0.1) is 11.3 Å². The molecule has 0 radical (unpaired) electrons. The van der Waals surface area contributed by atoms with Gasteiger partial charge in [0.15, 0.2) is 0 Å². The van der Waals surface area contributed by atoms with Crippen LogP contribution in [0.1, 0.15) is 10.6 Å². The molecule has 0 spiro atoms. The SMILES string of the molecule is Cc1nc(-c2ccc(CC(=O)Nc3ccc(N4CCNC(=O)C4)nc3)cc2)cs1. The Hall–Kier alpha value is -3.26. The number of amides is 2. The summed E-state index contributed by atoms with van der Waals surface area (Å²) in [5.41, 5.74) is 3.57. The number of aryl methyl sites for hydroxylation is 1. The van der Waals surface area contributed by atoms with Crippen LogP contribution >= 0.6 is 11.3 Å². The molecule has 0 bridgehead atoms. The number of anilines is 2. The maximum atomic E-state index is 12.4. The average molecular weight is 407 g/mol. The number of nitrogens with zero attached hydrogens (tertiary/aromatic N) is 3. The molecule has 1 fully saturated rings. The van der Waals surface area contributed by atoms with Crippen LogP contribution < -0.4 is 15.5 Å². The van der Waals surface area contributed by atoms with E-state index >= 15 is 0 Å². The van der Waals surface area contributed by atoms with Crippen LogP contribution in [0.4, 0.5) is 11.5 Å². The van der Waals surface area contributed by atoms with E-state index in [1.54, 1.807) is 23.6 Å². The number of benzene rings is 1. The van der Waals surface area contributed by atoms with Gasteiger partial charge in [-0.25, -0.2) is 9.97 Å². The minimum Gasteiger partial charge on any atom is -0.353 e. The lowest BCUT2D eigenvalue weighted by Gasteiger charge is -2.27. The highest BCUT2D eigenvalue weighted by molar-refractivity contribution is 7.09. The van der Waals surface area contributed by atoms with Gasteiger partial charge in [0.1, 0.15) is 5.82 Å². The fourth-order valence-corrected chi connectivity index (χ4v) is 3.78. The van der Waals surface area contributed by atoms with Gasteiger partial charge in [-0.2, -0.15) is 0 Å². The normalized spacial score (nSPS) is 13.8. The second-order valence-electron chi connectivity index (χ2n) is 6.85. The average Bonchev–Trinajstić information content (AvgIpc) is 3.15. The third kappa shape index (κ3) is 4.78. The van der Waals surface area contributed by atoms with E-state index in [1.165, 1.54) is 0 Å². The van der Waals surface area contributed by atoms with Crippen molar-refractivity contribution in [2.24, 2.45) is 0 Å². The molecule has 2 amide bonds. The van der Waals surface area contributed by atoms with Gasteiger partial charge in [0.05, 0.1) is 35.6 Å². The van der Waals surface area contributed by atoms with Crippen LogP contribution in [0.15, 0.2) is 48.0 Å². The molecule has 0 saturated carbocycles. The maximum Gasteiger partial charge on any atom is 0.239 e. The molecule has 3 heterocycles. The molecule has 1 aliphatic heterocycles. The summed E-state index contributed by atoms with van der Waals surface area (Å²) in [4.78, 5) is 34.6. The Balaban J connectivity index is 1.34. The van der Waals surface area contributed by atoms with E-state index < -0.39 is 0 Å². The number of thiazole rings is 1. The molecule has 1 saturated heterocycles. The van der Waals surface area contributed by atoms with Gasteiger partial charge in [-0.05, 0) is 24.6 Å². The van der Waals surface area contributed by atoms with Crippen molar-refractivity contribution in [1.82, 2.24) is 15.3 Å². The van der Waals surface area contributed by atoms with E-state index in [0.29, 0.717) is 18.8 Å². The fraction of sp³-hybridized carbons (Fsp3) is 0.238. The molecule has 0 atom stereocenters. The van der Waals surface area contributed by atoms with E-state index in [2.05, 4.69) is 20.6 Å². The summed E-state index contributed by atoms with van der Waals surface area (Å²) in [6.45, 7) is 3.62. The Morgan fingerprint density at radius 2 is 2.07 bits per heavy atom. The number of hydrogen-bond donors (Lipinski definition) is 2. The summed E-state index contributed by atoms with van der Waals surface area (Å²) in [6.07, 6.45) is 1.90. The van der Waals surface area contributed by atoms with E-state index in [9.17, 15) is 9.59 Å². The first-order chi connectivity index (χ1) is 14.1. The van der Waals surface area contributed by atoms with Crippen LogP contribution in [0.2, 0.25) is 0 Å². The van der Waals surface area contributed by atoms with Gasteiger partial charge in [0, 0.05) is 24.0 Å². The summed E-state index contributed by atoms with van der Waals surface area (Å²) in [7, 11) is 0. The van der Waals surface area contributed by atoms with Crippen molar-refractivity contribution in [1.29, 1.82) is 0 Å². The lowest BCUT2D eigenvalue weighted by atomic mass is 10.1.